The van der Waals surface area contributed by atoms with E-state index in [1.807, 2.05) is 36.1 Å². The van der Waals surface area contributed by atoms with Crippen molar-refractivity contribution >= 4 is 11.6 Å². The van der Waals surface area contributed by atoms with Gasteiger partial charge in [0.1, 0.15) is 0 Å². The van der Waals surface area contributed by atoms with Gasteiger partial charge in [-0.05, 0) is 30.5 Å². The topological polar surface area (TPSA) is 52.6 Å². The molecule has 106 valence electrons. The average molecular weight is 264 g/mol. The number of aliphatic hydroxyl groups excluding tert-OH is 1. The second-order valence-corrected chi connectivity index (χ2v) is 4.61. The Hall–Kier alpha value is -1.55. The van der Waals surface area contributed by atoms with Crippen LogP contribution in [-0.4, -0.2) is 31.2 Å². The van der Waals surface area contributed by atoms with E-state index < -0.39 is 6.10 Å². The number of carbonyl (C=O) groups excluding carboxylic acids is 1. The fourth-order valence-corrected chi connectivity index (χ4v) is 1.96. The van der Waals surface area contributed by atoms with Crippen molar-refractivity contribution in [2.75, 3.05) is 25.0 Å². The number of hydrogen-bond donors (Lipinski definition) is 2. The maximum Gasteiger partial charge on any atom is 0.239 e. The van der Waals surface area contributed by atoms with Crippen LogP contribution < -0.4 is 10.2 Å². The second kappa shape index (κ2) is 7.79. The van der Waals surface area contributed by atoms with Gasteiger partial charge in [0.25, 0.3) is 0 Å². The number of nitrogens with one attached hydrogen (secondary N) is 1. The highest BCUT2D eigenvalue weighted by Gasteiger charge is 2.11. The average Bonchev–Trinajstić information content (AvgIpc) is 2.46. The Morgan fingerprint density at radius 3 is 2.42 bits per heavy atom. The van der Waals surface area contributed by atoms with Crippen LogP contribution in [0, 0.1) is 0 Å². The Balaban J connectivity index is 2.81. The first-order valence-electron chi connectivity index (χ1n) is 6.85. The summed E-state index contributed by atoms with van der Waals surface area (Å²) in [7, 11) is 1.65. The maximum atomic E-state index is 11.5. The van der Waals surface area contributed by atoms with Crippen molar-refractivity contribution in [3.8, 4) is 0 Å². The molecule has 1 aromatic rings. The molecule has 2 N–H and O–H groups in total. The molecule has 0 aliphatic carbocycles. The van der Waals surface area contributed by atoms with Gasteiger partial charge < -0.3 is 15.3 Å². The molecule has 0 heterocycles. The van der Waals surface area contributed by atoms with Gasteiger partial charge in [-0.2, -0.15) is 0 Å². The second-order valence-electron chi connectivity index (χ2n) is 4.61. The van der Waals surface area contributed by atoms with Crippen molar-refractivity contribution in [1.82, 2.24) is 5.32 Å². The molecule has 4 heteroatoms. The van der Waals surface area contributed by atoms with E-state index >= 15 is 0 Å². The maximum absolute atomic E-state index is 11.5. The quantitative estimate of drug-likeness (QED) is 0.793. The predicted octanol–water partition coefficient (Wildman–Crippen LogP) is 2.09. The van der Waals surface area contributed by atoms with E-state index in [0.717, 1.165) is 24.2 Å². The first-order chi connectivity index (χ1) is 9.12. The lowest BCUT2D eigenvalue weighted by Gasteiger charge is -2.24. The monoisotopic (exact) mass is 264 g/mol. The summed E-state index contributed by atoms with van der Waals surface area (Å²) in [5.41, 5.74) is 1.93. The molecule has 1 aromatic carbocycles. The number of aliphatic hydroxyl groups is 1. The summed E-state index contributed by atoms with van der Waals surface area (Å²) in [5, 5.41) is 12.4. The minimum atomic E-state index is -0.410. The van der Waals surface area contributed by atoms with Crippen LogP contribution in [0.4, 0.5) is 5.69 Å². The third-order valence-corrected chi connectivity index (χ3v) is 3.14. The van der Waals surface area contributed by atoms with Crippen molar-refractivity contribution in [3.05, 3.63) is 29.8 Å². The van der Waals surface area contributed by atoms with Crippen LogP contribution >= 0.6 is 0 Å². The SMILES string of the molecule is CCCN(CC(=O)NC)c1ccc([C@@H](O)CC)cc1. The predicted molar refractivity (Wildman–Crippen MR) is 78.3 cm³/mol. The zero-order chi connectivity index (χ0) is 14.3. The smallest absolute Gasteiger partial charge is 0.239 e. The molecule has 0 aliphatic heterocycles. The van der Waals surface area contributed by atoms with Crippen LogP contribution in [0.3, 0.4) is 0 Å². The number of anilines is 1. The Kier molecular flexibility index (Phi) is 6.36. The Labute approximate surface area is 115 Å². The van der Waals surface area contributed by atoms with Crippen molar-refractivity contribution in [2.24, 2.45) is 0 Å². The summed E-state index contributed by atoms with van der Waals surface area (Å²) in [5.74, 6) is 0.00567. The molecular weight excluding hydrogens is 240 g/mol. The van der Waals surface area contributed by atoms with Gasteiger partial charge in [-0.1, -0.05) is 26.0 Å². The van der Waals surface area contributed by atoms with Crippen LogP contribution in [0.25, 0.3) is 0 Å². The van der Waals surface area contributed by atoms with Crippen molar-refractivity contribution in [2.45, 2.75) is 32.8 Å². The lowest BCUT2D eigenvalue weighted by Crippen LogP contribution is -2.36. The molecule has 1 atom stereocenters. The number of nitrogens with zero attached hydrogens (tertiary/aromatic N) is 1. The van der Waals surface area contributed by atoms with E-state index in [9.17, 15) is 9.90 Å². The zero-order valence-corrected chi connectivity index (χ0v) is 12.0. The minimum absolute atomic E-state index is 0.00567. The molecule has 0 aliphatic rings. The van der Waals surface area contributed by atoms with Gasteiger partial charge in [-0.25, -0.2) is 0 Å². The lowest BCUT2D eigenvalue weighted by molar-refractivity contribution is -0.119. The van der Waals surface area contributed by atoms with E-state index in [-0.39, 0.29) is 5.91 Å². The molecule has 0 fully saturated rings. The summed E-state index contributed by atoms with van der Waals surface area (Å²) in [6.45, 7) is 5.24. The Morgan fingerprint density at radius 1 is 1.32 bits per heavy atom. The lowest BCUT2D eigenvalue weighted by atomic mass is 10.1. The van der Waals surface area contributed by atoms with Gasteiger partial charge in [-0.15, -0.1) is 0 Å². The number of likely N-dealkylation sites (N-methyl/N-ethyl adjacent to an activating group) is 1. The number of amides is 1. The van der Waals surface area contributed by atoms with Crippen molar-refractivity contribution in [3.63, 3.8) is 0 Å². The number of carbonyl (C=O) groups is 1. The standard InChI is InChI=1S/C15H24N2O2/c1-4-10-17(11-15(19)16-3)13-8-6-12(7-9-13)14(18)5-2/h6-9,14,18H,4-5,10-11H2,1-3H3,(H,16,19)/t14-/m0/s1. The summed E-state index contributed by atoms with van der Waals surface area (Å²) in [6.07, 6.45) is 1.28. The van der Waals surface area contributed by atoms with Gasteiger partial charge in [0.2, 0.25) is 5.91 Å². The zero-order valence-electron chi connectivity index (χ0n) is 12.0. The van der Waals surface area contributed by atoms with Gasteiger partial charge in [0.15, 0.2) is 0 Å². The normalized spacial score (nSPS) is 12.0. The molecule has 19 heavy (non-hydrogen) atoms. The molecule has 0 spiro atoms. The summed E-state index contributed by atoms with van der Waals surface area (Å²) >= 11 is 0. The molecule has 1 rings (SSSR count). The molecule has 0 aromatic heterocycles. The summed E-state index contributed by atoms with van der Waals surface area (Å²) < 4.78 is 0. The number of rotatable bonds is 7. The third-order valence-electron chi connectivity index (χ3n) is 3.14. The molecule has 0 unspecified atom stereocenters. The minimum Gasteiger partial charge on any atom is -0.388 e. The highest BCUT2D eigenvalue weighted by molar-refractivity contribution is 5.81. The fourth-order valence-electron chi connectivity index (χ4n) is 1.96. The number of hydrogen-bond acceptors (Lipinski definition) is 3. The highest BCUT2D eigenvalue weighted by Crippen LogP contribution is 2.21. The van der Waals surface area contributed by atoms with E-state index in [4.69, 9.17) is 0 Å². The van der Waals surface area contributed by atoms with Gasteiger partial charge >= 0.3 is 0 Å². The molecule has 4 nitrogen and oxygen atoms in total. The summed E-state index contributed by atoms with van der Waals surface area (Å²) in [6, 6.07) is 7.78. The van der Waals surface area contributed by atoms with Crippen molar-refractivity contribution < 1.29 is 9.90 Å². The van der Waals surface area contributed by atoms with Crippen LogP contribution in [-0.2, 0) is 4.79 Å². The Bertz CT molecular complexity index is 390. The summed E-state index contributed by atoms with van der Waals surface area (Å²) in [4.78, 5) is 13.5. The molecule has 0 saturated carbocycles. The third kappa shape index (κ3) is 4.56. The van der Waals surface area contributed by atoms with Crippen LogP contribution in [0.15, 0.2) is 24.3 Å². The first kappa shape index (κ1) is 15.5. The van der Waals surface area contributed by atoms with Crippen molar-refractivity contribution in [1.29, 1.82) is 0 Å². The van der Waals surface area contributed by atoms with E-state index in [1.54, 1.807) is 7.05 Å². The molecular formula is C15H24N2O2. The molecule has 0 bridgehead atoms. The fraction of sp³-hybridized carbons (Fsp3) is 0.533. The van der Waals surface area contributed by atoms with Crippen LogP contribution in [0.1, 0.15) is 38.4 Å². The largest absolute Gasteiger partial charge is 0.388 e. The van der Waals surface area contributed by atoms with E-state index in [0.29, 0.717) is 13.0 Å². The molecule has 0 radical (unpaired) electrons. The van der Waals surface area contributed by atoms with E-state index in [2.05, 4.69) is 12.2 Å². The van der Waals surface area contributed by atoms with Gasteiger partial charge in [-0.3, -0.25) is 4.79 Å². The molecule has 1 amide bonds. The first-order valence-corrected chi connectivity index (χ1v) is 6.85. The van der Waals surface area contributed by atoms with E-state index in [1.165, 1.54) is 0 Å². The molecule has 0 saturated heterocycles. The number of benzene rings is 1. The van der Waals surface area contributed by atoms with Gasteiger partial charge in [0.05, 0.1) is 12.6 Å². The Morgan fingerprint density at radius 2 is 1.95 bits per heavy atom. The highest BCUT2D eigenvalue weighted by atomic mass is 16.3. The van der Waals surface area contributed by atoms with Crippen LogP contribution in [0.5, 0.6) is 0 Å². The van der Waals surface area contributed by atoms with Gasteiger partial charge in [0, 0.05) is 19.3 Å². The van der Waals surface area contributed by atoms with Crippen LogP contribution in [0.2, 0.25) is 0 Å².